The smallest absolute Gasteiger partial charge is 0.0969 e. The van der Waals surface area contributed by atoms with Crippen molar-refractivity contribution >= 4 is 11.6 Å². The second kappa shape index (κ2) is 4.97. The molecule has 1 nitrogen and oxygen atoms in total. The Hall–Kier alpha value is 0.250. The van der Waals surface area contributed by atoms with Crippen LogP contribution in [0.15, 0.2) is 0 Å². The van der Waals surface area contributed by atoms with Crippen LogP contribution in [0.2, 0.25) is 0 Å². The number of alkyl halides is 1. The van der Waals surface area contributed by atoms with Gasteiger partial charge in [-0.1, -0.05) is 20.8 Å². The Morgan fingerprint density at radius 2 is 1.80 bits per heavy atom. The molecule has 0 aromatic carbocycles. The molecule has 0 amide bonds. The summed E-state index contributed by atoms with van der Waals surface area (Å²) < 4.78 is 0. The lowest BCUT2D eigenvalue weighted by Gasteiger charge is -2.15. The van der Waals surface area contributed by atoms with Gasteiger partial charge in [0.2, 0.25) is 0 Å². The molecule has 0 heterocycles. The Kier molecular flexibility index (Phi) is 5.10. The van der Waals surface area contributed by atoms with Crippen molar-refractivity contribution in [3.8, 4) is 0 Å². The second-order valence-corrected chi connectivity index (χ2v) is 3.61. The minimum Gasteiger partial charge on any atom is -0.233 e. The first-order valence-corrected chi connectivity index (χ1v) is 4.33. The summed E-state index contributed by atoms with van der Waals surface area (Å²) in [7, 11) is 0. The molecule has 2 heteroatoms. The van der Waals surface area contributed by atoms with Gasteiger partial charge in [-0.15, -0.1) is 11.6 Å². The zero-order valence-corrected chi connectivity index (χ0v) is 7.69. The van der Waals surface area contributed by atoms with E-state index in [4.69, 9.17) is 11.6 Å². The molecule has 0 saturated heterocycles. The van der Waals surface area contributed by atoms with Gasteiger partial charge in [0.15, 0.2) is 0 Å². The first kappa shape index (κ1) is 10.2. The Bertz CT molecular complexity index is 83.3. The van der Waals surface area contributed by atoms with Crippen molar-refractivity contribution in [3.63, 3.8) is 0 Å². The second-order valence-electron chi connectivity index (χ2n) is 3.30. The van der Waals surface area contributed by atoms with Crippen LogP contribution < -0.4 is 0 Å². The summed E-state index contributed by atoms with van der Waals surface area (Å²) in [6.45, 7) is 6.03. The Morgan fingerprint density at radius 3 is 2.10 bits per heavy atom. The van der Waals surface area contributed by atoms with Crippen molar-refractivity contribution in [2.45, 2.75) is 33.3 Å². The van der Waals surface area contributed by atoms with Crippen LogP contribution in [-0.4, -0.2) is 12.0 Å². The van der Waals surface area contributed by atoms with E-state index in [-0.39, 0.29) is 5.92 Å². The molecule has 0 aliphatic heterocycles. The SMILES string of the molecule is CC(C)CC([O])C(C)CCl. The molecule has 0 aliphatic carbocycles. The van der Waals surface area contributed by atoms with Crippen molar-refractivity contribution in [1.82, 2.24) is 0 Å². The molecule has 0 saturated carbocycles. The summed E-state index contributed by atoms with van der Waals surface area (Å²) in [6.07, 6.45) is 0.269. The quantitative estimate of drug-likeness (QED) is 0.568. The van der Waals surface area contributed by atoms with Gasteiger partial charge < -0.3 is 0 Å². The molecular weight excluding hydrogens is 148 g/mol. The fourth-order valence-electron chi connectivity index (χ4n) is 0.796. The third kappa shape index (κ3) is 4.13. The highest BCUT2D eigenvalue weighted by molar-refractivity contribution is 6.18. The third-order valence-corrected chi connectivity index (χ3v) is 2.07. The largest absolute Gasteiger partial charge is 0.233 e. The molecular formula is C8H16ClO. The Morgan fingerprint density at radius 1 is 1.30 bits per heavy atom. The molecule has 0 N–H and O–H groups in total. The topological polar surface area (TPSA) is 19.9 Å². The van der Waals surface area contributed by atoms with E-state index in [1.54, 1.807) is 0 Å². The standard InChI is InChI=1S/C8H16ClO/c1-6(2)4-8(10)7(3)5-9/h6-8H,4-5H2,1-3H3. The van der Waals surface area contributed by atoms with Gasteiger partial charge in [0.1, 0.15) is 0 Å². The normalized spacial score (nSPS) is 17.4. The number of hydrogen-bond acceptors (Lipinski definition) is 0. The molecule has 61 valence electrons. The minimum absolute atomic E-state index is 0.115. The molecule has 0 aromatic heterocycles. The van der Waals surface area contributed by atoms with Gasteiger partial charge in [-0.25, -0.2) is 5.11 Å². The highest BCUT2D eigenvalue weighted by Crippen LogP contribution is 2.14. The zero-order valence-electron chi connectivity index (χ0n) is 6.93. The van der Waals surface area contributed by atoms with E-state index in [0.717, 1.165) is 6.42 Å². The van der Waals surface area contributed by atoms with E-state index in [2.05, 4.69) is 13.8 Å². The van der Waals surface area contributed by atoms with Crippen LogP contribution in [0.3, 0.4) is 0 Å². The van der Waals surface area contributed by atoms with Crippen LogP contribution in [0.5, 0.6) is 0 Å². The van der Waals surface area contributed by atoms with E-state index >= 15 is 0 Å². The van der Waals surface area contributed by atoms with E-state index < -0.39 is 6.10 Å². The number of hydrogen-bond donors (Lipinski definition) is 0. The molecule has 1 radical (unpaired) electrons. The minimum atomic E-state index is -0.475. The first-order valence-electron chi connectivity index (χ1n) is 3.79. The average molecular weight is 164 g/mol. The van der Waals surface area contributed by atoms with E-state index in [1.807, 2.05) is 6.92 Å². The van der Waals surface area contributed by atoms with Gasteiger partial charge in [-0.05, 0) is 18.3 Å². The summed E-state index contributed by atoms with van der Waals surface area (Å²) in [5.74, 6) is 1.10. The van der Waals surface area contributed by atoms with Crippen LogP contribution >= 0.6 is 11.6 Å². The predicted molar refractivity (Wildman–Crippen MR) is 43.8 cm³/mol. The lowest BCUT2D eigenvalue weighted by atomic mass is 9.97. The summed E-state index contributed by atoms with van der Waals surface area (Å²) in [5.41, 5.74) is 0. The number of rotatable bonds is 4. The predicted octanol–water partition coefficient (Wildman–Crippen LogP) is 2.71. The van der Waals surface area contributed by atoms with Gasteiger partial charge in [0, 0.05) is 5.88 Å². The fraction of sp³-hybridized carbons (Fsp3) is 1.00. The molecule has 0 spiro atoms. The van der Waals surface area contributed by atoms with Crippen molar-refractivity contribution in [2.75, 3.05) is 5.88 Å². The monoisotopic (exact) mass is 163 g/mol. The Balaban J connectivity index is 3.50. The highest BCUT2D eigenvalue weighted by atomic mass is 35.5. The van der Waals surface area contributed by atoms with Gasteiger partial charge in [0.25, 0.3) is 0 Å². The third-order valence-electron chi connectivity index (χ3n) is 1.58. The van der Waals surface area contributed by atoms with E-state index in [0.29, 0.717) is 11.8 Å². The average Bonchev–Trinajstić information content (AvgIpc) is 1.85. The molecule has 0 aliphatic rings. The fourth-order valence-corrected chi connectivity index (χ4v) is 0.995. The molecule has 0 aromatic rings. The van der Waals surface area contributed by atoms with Crippen LogP contribution in [0.1, 0.15) is 27.2 Å². The molecule has 2 unspecified atom stereocenters. The number of halogens is 1. The van der Waals surface area contributed by atoms with Gasteiger partial charge in [-0.2, -0.15) is 0 Å². The van der Waals surface area contributed by atoms with Crippen molar-refractivity contribution < 1.29 is 5.11 Å². The molecule has 0 bridgehead atoms. The summed E-state index contributed by atoms with van der Waals surface area (Å²) in [6, 6.07) is 0. The van der Waals surface area contributed by atoms with Crippen molar-refractivity contribution in [2.24, 2.45) is 11.8 Å². The van der Waals surface area contributed by atoms with Crippen molar-refractivity contribution in [3.05, 3.63) is 0 Å². The summed E-state index contributed by atoms with van der Waals surface area (Å²) in [4.78, 5) is 0. The zero-order chi connectivity index (χ0) is 8.15. The van der Waals surface area contributed by atoms with Crippen LogP contribution in [0.4, 0.5) is 0 Å². The van der Waals surface area contributed by atoms with E-state index in [9.17, 15) is 5.11 Å². The lowest BCUT2D eigenvalue weighted by molar-refractivity contribution is 0.0340. The maximum absolute atomic E-state index is 11.2. The molecule has 0 rings (SSSR count). The summed E-state index contributed by atoms with van der Waals surface area (Å²) >= 11 is 5.53. The van der Waals surface area contributed by atoms with Gasteiger partial charge in [0.05, 0.1) is 6.10 Å². The lowest BCUT2D eigenvalue weighted by Crippen LogP contribution is -2.19. The van der Waals surface area contributed by atoms with Gasteiger partial charge in [-0.3, -0.25) is 0 Å². The van der Waals surface area contributed by atoms with Gasteiger partial charge >= 0.3 is 0 Å². The molecule has 2 atom stereocenters. The summed E-state index contributed by atoms with van der Waals surface area (Å²) in [5, 5.41) is 11.2. The van der Waals surface area contributed by atoms with Crippen LogP contribution in [-0.2, 0) is 5.11 Å². The first-order chi connectivity index (χ1) is 4.57. The maximum Gasteiger partial charge on any atom is 0.0969 e. The molecule has 0 fully saturated rings. The van der Waals surface area contributed by atoms with Crippen LogP contribution in [0.25, 0.3) is 0 Å². The van der Waals surface area contributed by atoms with Crippen molar-refractivity contribution in [1.29, 1.82) is 0 Å². The van der Waals surface area contributed by atoms with E-state index in [1.165, 1.54) is 0 Å². The highest BCUT2D eigenvalue weighted by Gasteiger charge is 2.15. The molecule has 10 heavy (non-hydrogen) atoms. The van der Waals surface area contributed by atoms with Crippen LogP contribution in [0, 0.1) is 11.8 Å². The Labute approximate surface area is 68.4 Å². The maximum atomic E-state index is 11.2.